The molecule has 1 aliphatic carbocycles. The average molecular weight is 311 g/mol. The van der Waals surface area contributed by atoms with Crippen molar-refractivity contribution in [3.8, 4) is 0 Å². The molecule has 2 aliphatic rings. The summed E-state index contributed by atoms with van der Waals surface area (Å²) in [4.78, 5) is 4.18. The number of thioether (sulfide) groups is 2. The first kappa shape index (κ1) is 14.8. The standard InChI is InChI=1S/C16H26N2S2/c1-2-15-12-19-16(20-15,14-6-4-3-5-7-14)8-10-18-11-9-17-13-18/h9,11,13-15H,2-8,10,12H2,1H3. The van der Waals surface area contributed by atoms with E-state index in [9.17, 15) is 0 Å². The van der Waals surface area contributed by atoms with Crippen LogP contribution in [0.15, 0.2) is 18.7 Å². The van der Waals surface area contributed by atoms with Crippen molar-refractivity contribution in [2.45, 2.75) is 67.7 Å². The summed E-state index contributed by atoms with van der Waals surface area (Å²) in [5.74, 6) is 2.30. The smallest absolute Gasteiger partial charge is 0.0945 e. The summed E-state index contributed by atoms with van der Waals surface area (Å²) in [6.07, 6.45) is 15.9. The zero-order valence-electron chi connectivity index (χ0n) is 12.5. The van der Waals surface area contributed by atoms with Gasteiger partial charge in [-0.15, -0.1) is 23.5 Å². The number of hydrogen-bond acceptors (Lipinski definition) is 3. The topological polar surface area (TPSA) is 17.8 Å². The molecule has 3 rings (SSSR count). The first-order valence-corrected chi connectivity index (χ1v) is 9.96. The van der Waals surface area contributed by atoms with E-state index in [0.29, 0.717) is 4.08 Å². The van der Waals surface area contributed by atoms with Crippen molar-refractivity contribution in [1.82, 2.24) is 9.55 Å². The van der Waals surface area contributed by atoms with Gasteiger partial charge in [-0.05, 0) is 31.6 Å². The predicted molar refractivity (Wildman–Crippen MR) is 90.3 cm³/mol. The van der Waals surface area contributed by atoms with Crippen LogP contribution in [0.25, 0.3) is 0 Å². The second-order valence-electron chi connectivity index (χ2n) is 6.16. The molecule has 1 aromatic rings. The fourth-order valence-corrected chi connectivity index (χ4v) is 7.72. The predicted octanol–water partition coefficient (Wildman–Crippen LogP) is 4.81. The molecule has 1 saturated heterocycles. The van der Waals surface area contributed by atoms with Gasteiger partial charge in [-0.2, -0.15) is 0 Å². The second kappa shape index (κ2) is 6.78. The van der Waals surface area contributed by atoms with Gasteiger partial charge in [-0.25, -0.2) is 4.98 Å². The van der Waals surface area contributed by atoms with Crippen LogP contribution in [0.4, 0.5) is 0 Å². The van der Waals surface area contributed by atoms with Gasteiger partial charge in [0.05, 0.1) is 10.4 Å². The maximum atomic E-state index is 4.18. The third kappa shape index (κ3) is 3.22. The van der Waals surface area contributed by atoms with Crippen LogP contribution in [0.5, 0.6) is 0 Å². The molecule has 2 atom stereocenters. The Balaban J connectivity index is 1.69. The van der Waals surface area contributed by atoms with Crippen molar-refractivity contribution in [2.24, 2.45) is 5.92 Å². The molecule has 1 saturated carbocycles. The van der Waals surface area contributed by atoms with Crippen LogP contribution in [-0.4, -0.2) is 24.6 Å². The van der Waals surface area contributed by atoms with Crippen molar-refractivity contribution in [3.05, 3.63) is 18.7 Å². The fourth-order valence-electron chi connectivity index (χ4n) is 3.58. The molecule has 0 radical (unpaired) electrons. The highest BCUT2D eigenvalue weighted by atomic mass is 32.2. The summed E-state index contributed by atoms with van der Waals surface area (Å²) < 4.78 is 2.75. The van der Waals surface area contributed by atoms with Crippen LogP contribution in [0, 0.1) is 5.92 Å². The second-order valence-corrected chi connectivity index (χ2v) is 9.40. The number of aromatic nitrogens is 2. The Hall–Kier alpha value is -0.0900. The molecule has 2 unspecified atom stereocenters. The largest absolute Gasteiger partial charge is 0.337 e. The summed E-state index contributed by atoms with van der Waals surface area (Å²) in [5, 5.41) is 0.879. The van der Waals surface area contributed by atoms with Crippen molar-refractivity contribution < 1.29 is 0 Å². The first-order chi connectivity index (χ1) is 9.82. The van der Waals surface area contributed by atoms with Gasteiger partial charge in [0.2, 0.25) is 0 Å². The Kier molecular flexibility index (Phi) is 5.03. The molecule has 2 heterocycles. The summed E-state index contributed by atoms with van der Waals surface area (Å²) >= 11 is 4.60. The monoisotopic (exact) mass is 310 g/mol. The minimum absolute atomic E-state index is 0.491. The van der Waals surface area contributed by atoms with Crippen LogP contribution >= 0.6 is 23.5 Å². The molecular weight excluding hydrogens is 284 g/mol. The maximum absolute atomic E-state index is 4.18. The Morgan fingerprint density at radius 3 is 2.80 bits per heavy atom. The third-order valence-corrected chi connectivity index (χ3v) is 9.06. The van der Waals surface area contributed by atoms with E-state index >= 15 is 0 Å². The molecule has 0 amide bonds. The van der Waals surface area contributed by atoms with E-state index in [0.717, 1.165) is 17.7 Å². The van der Waals surface area contributed by atoms with Gasteiger partial charge in [0.1, 0.15) is 0 Å². The lowest BCUT2D eigenvalue weighted by Gasteiger charge is -2.39. The highest BCUT2D eigenvalue weighted by Gasteiger charge is 2.45. The molecule has 4 heteroatoms. The molecule has 112 valence electrons. The van der Waals surface area contributed by atoms with Crippen LogP contribution in [0.3, 0.4) is 0 Å². The van der Waals surface area contributed by atoms with Crippen molar-refractivity contribution in [3.63, 3.8) is 0 Å². The van der Waals surface area contributed by atoms with Crippen LogP contribution < -0.4 is 0 Å². The fraction of sp³-hybridized carbons (Fsp3) is 0.812. The molecule has 1 aliphatic heterocycles. The number of aryl methyl sites for hydroxylation is 1. The highest BCUT2D eigenvalue weighted by molar-refractivity contribution is 8.21. The zero-order chi connectivity index (χ0) is 13.8. The Morgan fingerprint density at radius 2 is 2.15 bits per heavy atom. The summed E-state index contributed by atoms with van der Waals surface area (Å²) in [5.41, 5.74) is 0. The van der Waals surface area contributed by atoms with Gasteiger partial charge in [-0.1, -0.05) is 26.2 Å². The first-order valence-electron chi connectivity index (χ1n) is 8.10. The lowest BCUT2D eigenvalue weighted by molar-refractivity contribution is 0.319. The molecule has 20 heavy (non-hydrogen) atoms. The van der Waals surface area contributed by atoms with Gasteiger partial charge < -0.3 is 4.57 Å². The van der Waals surface area contributed by atoms with Gasteiger partial charge in [0.15, 0.2) is 0 Å². The third-order valence-electron chi connectivity index (χ3n) is 4.84. The summed E-state index contributed by atoms with van der Waals surface area (Å²) in [6.45, 7) is 3.48. The van der Waals surface area contributed by atoms with E-state index in [1.807, 2.05) is 12.5 Å². The molecule has 1 aromatic heterocycles. The van der Waals surface area contributed by atoms with Crippen LogP contribution in [0.2, 0.25) is 0 Å². The molecule has 0 aromatic carbocycles. The number of rotatable bonds is 5. The number of imidazole rings is 1. The van der Waals surface area contributed by atoms with E-state index in [1.54, 1.807) is 0 Å². The molecule has 0 spiro atoms. The van der Waals surface area contributed by atoms with Crippen molar-refractivity contribution in [2.75, 3.05) is 5.75 Å². The molecule has 2 fully saturated rings. The minimum atomic E-state index is 0.491. The zero-order valence-corrected chi connectivity index (χ0v) is 14.1. The minimum Gasteiger partial charge on any atom is -0.337 e. The summed E-state index contributed by atoms with van der Waals surface area (Å²) in [7, 11) is 0. The average Bonchev–Trinajstić information content (AvgIpc) is 3.16. The van der Waals surface area contributed by atoms with Crippen LogP contribution in [0.1, 0.15) is 51.9 Å². The van der Waals surface area contributed by atoms with E-state index in [1.165, 1.54) is 50.7 Å². The number of nitrogens with zero attached hydrogens (tertiary/aromatic N) is 2. The Labute approximate surface area is 131 Å². The number of hydrogen-bond donors (Lipinski definition) is 0. The van der Waals surface area contributed by atoms with Gasteiger partial charge in [0.25, 0.3) is 0 Å². The molecule has 0 bridgehead atoms. The maximum Gasteiger partial charge on any atom is 0.0945 e. The van der Waals surface area contributed by atoms with Gasteiger partial charge in [-0.3, -0.25) is 0 Å². The lowest BCUT2D eigenvalue weighted by Crippen LogP contribution is -2.32. The van der Waals surface area contributed by atoms with E-state index < -0.39 is 0 Å². The van der Waals surface area contributed by atoms with E-state index in [2.05, 4.69) is 46.2 Å². The molecular formula is C16H26N2S2. The van der Waals surface area contributed by atoms with Gasteiger partial charge in [0, 0.05) is 29.9 Å². The molecule has 0 N–H and O–H groups in total. The normalized spacial score (nSPS) is 31.8. The lowest BCUT2D eigenvalue weighted by atomic mass is 9.85. The van der Waals surface area contributed by atoms with Gasteiger partial charge >= 0.3 is 0 Å². The van der Waals surface area contributed by atoms with Crippen molar-refractivity contribution in [1.29, 1.82) is 0 Å². The SMILES string of the molecule is CCC1CSC(CCn2ccnc2)(C2CCCCC2)S1. The van der Waals surface area contributed by atoms with Crippen molar-refractivity contribution >= 4 is 23.5 Å². The Morgan fingerprint density at radius 1 is 1.30 bits per heavy atom. The van der Waals surface area contributed by atoms with E-state index in [4.69, 9.17) is 0 Å². The molecule has 2 nitrogen and oxygen atoms in total. The highest BCUT2D eigenvalue weighted by Crippen LogP contribution is 2.58. The van der Waals surface area contributed by atoms with Crippen LogP contribution in [-0.2, 0) is 6.54 Å². The quantitative estimate of drug-likeness (QED) is 0.777. The Bertz CT molecular complexity index is 401. The summed E-state index contributed by atoms with van der Waals surface area (Å²) in [6, 6.07) is 0. The van der Waals surface area contributed by atoms with E-state index in [-0.39, 0.29) is 0 Å².